The van der Waals surface area contributed by atoms with Crippen LogP contribution in [0.3, 0.4) is 0 Å². The van der Waals surface area contributed by atoms with Crippen molar-refractivity contribution in [1.29, 1.82) is 0 Å². The molecule has 0 bridgehead atoms. The van der Waals surface area contributed by atoms with Crippen molar-refractivity contribution in [1.82, 2.24) is 0 Å². The van der Waals surface area contributed by atoms with Crippen LogP contribution in [0.5, 0.6) is 0 Å². The van der Waals surface area contributed by atoms with Gasteiger partial charge in [-0.2, -0.15) is 0 Å². The summed E-state index contributed by atoms with van der Waals surface area (Å²) in [6.45, 7) is 2.07. The van der Waals surface area contributed by atoms with E-state index < -0.39 is 12.1 Å². The number of hydrogen-bond donors (Lipinski definition) is 1. The maximum atomic E-state index is 11.4. The molecule has 0 spiro atoms. The Morgan fingerprint density at radius 2 is 2.05 bits per heavy atom. The van der Waals surface area contributed by atoms with Crippen LogP contribution in [0.1, 0.15) is 25.0 Å². The lowest BCUT2D eigenvalue weighted by Crippen LogP contribution is -2.10. The van der Waals surface area contributed by atoms with E-state index in [9.17, 15) is 9.90 Å². The summed E-state index contributed by atoms with van der Waals surface area (Å²) in [6.07, 6.45) is -0.900. The highest BCUT2D eigenvalue weighted by atomic mass is 79.9. The third-order valence-corrected chi connectivity index (χ3v) is 3.80. The lowest BCUT2D eigenvalue weighted by Gasteiger charge is -2.14. The van der Waals surface area contributed by atoms with Gasteiger partial charge in [-0.15, -0.1) is 0 Å². The third-order valence-electron chi connectivity index (χ3n) is 2.92. The van der Waals surface area contributed by atoms with Gasteiger partial charge in [0.25, 0.3) is 0 Å². The van der Waals surface area contributed by atoms with Crippen LogP contribution < -0.4 is 0 Å². The van der Waals surface area contributed by atoms with Gasteiger partial charge in [0.1, 0.15) is 0 Å². The molecule has 2 rings (SSSR count). The number of ether oxygens (including phenoxy) is 1. The van der Waals surface area contributed by atoms with Crippen LogP contribution in [-0.4, -0.2) is 17.7 Å². The zero-order valence-corrected chi connectivity index (χ0v) is 12.2. The summed E-state index contributed by atoms with van der Waals surface area (Å²) in [4.78, 5) is 11.4. The number of benzene rings is 2. The van der Waals surface area contributed by atoms with Gasteiger partial charge in [0.2, 0.25) is 0 Å². The van der Waals surface area contributed by atoms with E-state index >= 15 is 0 Å². The topological polar surface area (TPSA) is 46.5 Å². The molecule has 100 valence electrons. The zero-order valence-electron chi connectivity index (χ0n) is 10.6. The van der Waals surface area contributed by atoms with Crippen molar-refractivity contribution < 1.29 is 14.6 Å². The molecule has 1 unspecified atom stereocenters. The summed E-state index contributed by atoms with van der Waals surface area (Å²) in [5.74, 6) is -0.393. The summed E-state index contributed by atoms with van der Waals surface area (Å²) in [6, 6.07) is 11.6. The van der Waals surface area contributed by atoms with E-state index in [4.69, 9.17) is 4.74 Å². The molecule has 2 aromatic carbocycles. The van der Waals surface area contributed by atoms with E-state index in [-0.39, 0.29) is 6.42 Å². The van der Waals surface area contributed by atoms with E-state index in [1.165, 1.54) is 0 Å². The molecule has 1 atom stereocenters. The molecule has 4 heteroatoms. The monoisotopic (exact) mass is 322 g/mol. The van der Waals surface area contributed by atoms with Gasteiger partial charge in [0, 0.05) is 4.47 Å². The number of carbonyl (C=O) groups excluding carboxylic acids is 1. The second-order valence-corrected chi connectivity index (χ2v) is 5.01. The Morgan fingerprint density at radius 3 is 2.79 bits per heavy atom. The predicted octanol–water partition coefficient (Wildman–Crippen LogP) is 3.59. The van der Waals surface area contributed by atoms with Crippen LogP contribution in [0.2, 0.25) is 0 Å². The molecular weight excluding hydrogens is 308 g/mol. The van der Waals surface area contributed by atoms with Gasteiger partial charge < -0.3 is 9.84 Å². The minimum Gasteiger partial charge on any atom is -0.466 e. The first-order chi connectivity index (χ1) is 9.13. The molecule has 0 saturated carbocycles. The first kappa shape index (κ1) is 14.0. The summed E-state index contributed by atoms with van der Waals surface area (Å²) >= 11 is 3.50. The van der Waals surface area contributed by atoms with Crippen LogP contribution in [-0.2, 0) is 9.53 Å². The summed E-state index contributed by atoms with van der Waals surface area (Å²) < 4.78 is 5.67. The number of aliphatic hydroxyl groups excluding tert-OH is 1. The number of aliphatic hydroxyl groups is 1. The SMILES string of the molecule is CCOC(=O)CC(O)c1ccc2ccccc2c1Br. The fourth-order valence-electron chi connectivity index (χ4n) is 2.00. The molecule has 0 aliphatic heterocycles. The molecule has 19 heavy (non-hydrogen) atoms. The zero-order chi connectivity index (χ0) is 13.8. The number of esters is 1. The maximum absolute atomic E-state index is 11.4. The molecule has 0 aliphatic rings. The number of hydrogen-bond acceptors (Lipinski definition) is 3. The second kappa shape index (κ2) is 6.17. The largest absolute Gasteiger partial charge is 0.466 e. The highest BCUT2D eigenvalue weighted by Crippen LogP contribution is 2.32. The lowest BCUT2D eigenvalue weighted by atomic mass is 10.0. The van der Waals surface area contributed by atoms with Crippen molar-refractivity contribution >= 4 is 32.7 Å². The number of rotatable bonds is 4. The molecule has 1 N–H and O–H groups in total. The molecule has 0 radical (unpaired) electrons. The Kier molecular flexibility index (Phi) is 4.56. The van der Waals surface area contributed by atoms with Gasteiger partial charge >= 0.3 is 5.97 Å². The fraction of sp³-hybridized carbons (Fsp3) is 0.267. The Morgan fingerprint density at radius 1 is 1.32 bits per heavy atom. The predicted molar refractivity (Wildman–Crippen MR) is 77.9 cm³/mol. The van der Waals surface area contributed by atoms with Gasteiger partial charge in [-0.1, -0.05) is 36.4 Å². The van der Waals surface area contributed by atoms with Crippen LogP contribution in [0, 0.1) is 0 Å². The van der Waals surface area contributed by atoms with Crippen molar-refractivity contribution in [3.8, 4) is 0 Å². The van der Waals surface area contributed by atoms with E-state index in [2.05, 4.69) is 15.9 Å². The van der Waals surface area contributed by atoms with Crippen LogP contribution in [0.25, 0.3) is 10.8 Å². The number of halogens is 1. The maximum Gasteiger partial charge on any atom is 0.308 e. The molecule has 0 saturated heterocycles. The summed E-state index contributed by atoms with van der Waals surface area (Å²) in [5, 5.41) is 12.2. The van der Waals surface area contributed by atoms with Crippen LogP contribution in [0.4, 0.5) is 0 Å². The highest BCUT2D eigenvalue weighted by Gasteiger charge is 2.17. The third kappa shape index (κ3) is 3.14. The Labute approximate surface area is 120 Å². The average Bonchev–Trinajstić information content (AvgIpc) is 2.39. The molecule has 0 aromatic heterocycles. The molecule has 3 nitrogen and oxygen atoms in total. The van der Waals surface area contributed by atoms with Gasteiger partial charge in [0.15, 0.2) is 0 Å². The van der Waals surface area contributed by atoms with E-state index in [1.54, 1.807) is 6.92 Å². The molecule has 2 aromatic rings. The van der Waals surface area contributed by atoms with Gasteiger partial charge in [-0.25, -0.2) is 0 Å². The molecule has 0 amide bonds. The smallest absolute Gasteiger partial charge is 0.308 e. The fourth-order valence-corrected chi connectivity index (χ4v) is 2.75. The van der Waals surface area contributed by atoms with Gasteiger partial charge in [-0.05, 0) is 39.2 Å². The van der Waals surface area contributed by atoms with Crippen LogP contribution in [0.15, 0.2) is 40.9 Å². The average molecular weight is 323 g/mol. The summed E-state index contributed by atoms with van der Waals surface area (Å²) in [5.41, 5.74) is 0.701. The Bertz CT molecular complexity index is 595. The highest BCUT2D eigenvalue weighted by molar-refractivity contribution is 9.10. The molecular formula is C15H15BrO3. The van der Waals surface area contributed by atoms with Gasteiger partial charge in [0.05, 0.1) is 19.1 Å². The van der Waals surface area contributed by atoms with Crippen molar-refractivity contribution in [2.45, 2.75) is 19.4 Å². The standard InChI is InChI=1S/C15H15BrO3/c1-2-19-14(18)9-13(17)12-8-7-10-5-3-4-6-11(10)15(12)16/h3-8,13,17H,2,9H2,1H3. The Hall–Kier alpha value is -1.39. The van der Waals surface area contributed by atoms with Crippen molar-refractivity contribution in [2.75, 3.05) is 6.61 Å². The summed E-state index contributed by atoms with van der Waals surface area (Å²) in [7, 11) is 0. The minimum absolute atomic E-state index is 0.0369. The molecule has 0 fully saturated rings. The minimum atomic E-state index is -0.863. The van der Waals surface area contributed by atoms with E-state index in [1.807, 2.05) is 36.4 Å². The second-order valence-electron chi connectivity index (χ2n) is 4.21. The van der Waals surface area contributed by atoms with Gasteiger partial charge in [-0.3, -0.25) is 4.79 Å². The first-order valence-electron chi connectivity index (χ1n) is 6.14. The van der Waals surface area contributed by atoms with Crippen molar-refractivity contribution in [2.24, 2.45) is 0 Å². The van der Waals surface area contributed by atoms with E-state index in [0.29, 0.717) is 12.2 Å². The van der Waals surface area contributed by atoms with Crippen molar-refractivity contribution in [3.05, 3.63) is 46.4 Å². The quantitative estimate of drug-likeness (QED) is 0.875. The van der Waals surface area contributed by atoms with Crippen LogP contribution >= 0.6 is 15.9 Å². The lowest BCUT2D eigenvalue weighted by molar-refractivity contribution is -0.145. The molecule has 0 aliphatic carbocycles. The van der Waals surface area contributed by atoms with Crippen molar-refractivity contribution in [3.63, 3.8) is 0 Å². The van der Waals surface area contributed by atoms with E-state index in [0.717, 1.165) is 15.2 Å². The number of carbonyl (C=O) groups is 1. The first-order valence-corrected chi connectivity index (χ1v) is 6.93. The Balaban J connectivity index is 2.29. The number of fused-ring (bicyclic) bond motifs is 1. The molecule has 0 heterocycles. The normalized spacial score (nSPS) is 12.4.